The molecule has 1 saturated heterocycles. The van der Waals surface area contributed by atoms with Crippen LogP contribution in [0.3, 0.4) is 0 Å². The van der Waals surface area contributed by atoms with Crippen LogP contribution in [0.25, 0.3) is 5.76 Å². The molecule has 7 heteroatoms. The van der Waals surface area contributed by atoms with Crippen LogP contribution in [0, 0.1) is 5.92 Å². The van der Waals surface area contributed by atoms with Gasteiger partial charge in [0, 0.05) is 29.7 Å². The lowest BCUT2D eigenvalue weighted by atomic mass is 9.63. The van der Waals surface area contributed by atoms with Crippen molar-refractivity contribution in [2.24, 2.45) is 5.92 Å². The number of hydrogen-bond donors (Lipinski definition) is 2. The number of hydrogen-bond acceptors (Lipinski definition) is 5. The summed E-state index contributed by atoms with van der Waals surface area (Å²) in [6.45, 7) is 2.16. The molecular formula is C19H19ClO6. The Bertz CT molecular complexity index is 819. The Kier molecular flexibility index (Phi) is 4.90. The lowest BCUT2D eigenvalue weighted by Gasteiger charge is -2.40. The molecule has 1 heterocycles. The highest BCUT2D eigenvalue weighted by molar-refractivity contribution is 6.32. The summed E-state index contributed by atoms with van der Waals surface area (Å²) in [4.78, 5) is 37.1. The van der Waals surface area contributed by atoms with Crippen LogP contribution in [0.4, 0.5) is 0 Å². The van der Waals surface area contributed by atoms with Crippen molar-refractivity contribution in [3.05, 3.63) is 39.9 Å². The molecule has 1 atom stereocenters. The van der Waals surface area contributed by atoms with Gasteiger partial charge >= 0.3 is 5.97 Å². The Balaban J connectivity index is 2.17. The number of aliphatic hydroxyl groups excluding tert-OH is 1. The summed E-state index contributed by atoms with van der Waals surface area (Å²) in [5.74, 6) is -3.61. The monoisotopic (exact) mass is 378 g/mol. The van der Waals surface area contributed by atoms with Crippen molar-refractivity contribution in [2.45, 2.75) is 31.6 Å². The van der Waals surface area contributed by atoms with Gasteiger partial charge < -0.3 is 14.9 Å². The Labute approximate surface area is 155 Å². The van der Waals surface area contributed by atoms with E-state index in [-0.39, 0.29) is 5.57 Å². The summed E-state index contributed by atoms with van der Waals surface area (Å²) in [7, 11) is 0. The van der Waals surface area contributed by atoms with Gasteiger partial charge in [0.15, 0.2) is 11.6 Å². The van der Waals surface area contributed by atoms with Gasteiger partial charge in [-0.3, -0.25) is 14.4 Å². The molecule has 2 N–H and O–H groups in total. The van der Waals surface area contributed by atoms with E-state index in [4.69, 9.17) is 21.4 Å². The first kappa shape index (κ1) is 18.6. The summed E-state index contributed by atoms with van der Waals surface area (Å²) in [6, 6.07) is 4.89. The molecule has 1 aliphatic carbocycles. The maximum Gasteiger partial charge on any atom is 0.304 e. The standard InChI is InChI=1S/C19H19ClO6/c1-10(8-14(21)22)16(23)15-17(24)12-9-11(20)2-3-13(12)19(18(15)25)4-6-26-7-5-19/h2-3,9-10,24H,4-8H2,1H3,(H,21,22). The molecule has 138 valence electrons. The summed E-state index contributed by atoms with van der Waals surface area (Å²) in [5.41, 5.74) is -0.298. The van der Waals surface area contributed by atoms with E-state index in [0.717, 1.165) is 0 Å². The van der Waals surface area contributed by atoms with Gasteiger partial charge in [0.1, 0.15) is 11.3 Å². The van der Waals surface area contributed by atoms with Gasteiger partial charge in [-0.15, -0.1) is 0 Å². The third kappa shape index (κ3) is 2.93. The highest BCUT2D eigenvalue weighted by Crippen LogP contribution is 2.46. The van der Waals surface area contributed by atoms with Crippen molar-refractivity contribution in [1.29, 1.82) is 0 Å². The van der Waals surface area contributed by atoms with E-state index in [2.05, 4.69) is 0 Å². The van der Waals surface area contributed by atoms with Crippen LogP contribution in [0.2, 0.25) is 5.02 Å². The van der Waals surface area contributed by atoms with Gasteiger partial charge in [0.25, 0.3) is 0 Å². The quantitative estimate of drug-likeness (QED) is 0.781. The molecule has 1 spiro atoms. The van der Waals surface area contributed by atoms with Crippen LogP contribution in [0.1, 0.15) is 37.3 Å². The van der Waals surface area contributed by atoms with Crippen LogP contribution in [-0.4, -0.2) is 41.0 Å². The number of carbonyl (C=O) groups is 3. The summed E-state index contributed by atoms with van der Waals surface area (Å²) >= 11 is 6.06. The smallest absolute Gasteiger partial charge is 0.304 e. The number of halogens is 1. The van der Waals surface area contributed by atoms with Crippen LogP contribution in [0.5, 0.6) is 0 Å². The molecule has 1 aliphatic heterocycles. The molecule has 6 nitrogen and oxygen atoms in total. The van der Waals surface area contributed by atoms with Crippen molar-refractivity contribution >= 4 is 34.9 Å². The zero-order valence-electron chi connectivity index (χ0n) is 14.3. The minimum absolute atomic E-state index is 0.324. The highest BCUT2D eigenvalue weighted by Gasteiger charge is 2.50. The summed E-state index contributed by atoms with van der Waals surface area (Å²) < 4.78 is 5.39. The van der Waals surface area contributed by atoms with Crippen molar-refractivity contribution in [1.82, 2.24) is 0 Å². The van der Waals surface area contributed by atoms with E-state index in [1.165, 1.54) is 13.0 Å². The van der Waals surface area contributed by atoms with Crippen LogP contribution < -0.4 is 0 Å². The summed E-state index contributed by atoms with van der Waals surface area (Å²) in [5, 5.41) is 20.0. The molecule has 0 amide bonds. The van der Waals surface area contributed by atoms with Crippen LogP contribution in [0.15, 0.2) is 23.8 Å². The van der Waals surface area contributed by atoms with Gasteiger partial charge in [-0.1, -0.05) is 24.6 Å². The zero-order chi connectivity index (χ0) is 19.1. The molecule has 1 aromatic rings. The maximum absolute atomic E-state index is 13.3. The second-order valence-electron chi connectivity index (χ2n) is 6.80. The molecule has 2 aliphatic rings. The van der Waals surface area contributed by atoms with Crippen molar-refractivity contribution in [2.75, 3.05) is 13.2 Å². The molecule has 1 fully saturated rings. The zero-order valence-corrected chi connectivity index (χ0v) is 15.0. The van der Waals surface area contributed by atoms with E-state index < -0.39 is 41.0 Å². The number of ether oxygens (including phenoxy) is 1. The predicted octanol–water partition coefficient (Wildman–Crippen LogP) is 2.92. The first-order valence-electron chi connectivity index (χ1n) is 8.40. The van der Waals surface area contributed by atoms with E-state index >= 15 is 0 Å². The molecule has 0 saturated carbocycles. The number of rotatable bonds is 4. The maximum atomic E-state index is 13.3. The van der Waals surface area contributed by atoms with E-state index in [1.807, 2.05) is 0 Å². The number of carboxylic acids is 1. The number of carbonyl (C=O) groups excluding carboxylic acids is 2. The third-order valence-corrected chi connectivity index (χ3v) is 5.41. The minimum atomic E-state index is -1.14. The lowest BCUT2D eigenvalue weighted by molar-refractivity contribution is -0.140. The van der Waals surface area contributed by atoms with Crippen molar-refractivity contribution in [3.8, 4) is 0 Å². The molecule has 26 heavy (non-hydrogen) atoms. The first-order valence-corrected chi connectivity index (χ1v) is 8.78. The van der Waals surface area contributed by atoms with Gasteiger partial charge in [-0.05, 0) is 30.5 Å². The Morgan fingerprint density at radius 1 is 1.31 bits per heavy atom. The Morgan fingerprint density at radius 3 is 2.58 bits per heavy atom. The predicted molar refractivity (Wildman–Crippen MR) is 94.2 cm³/mol. The molecule has 0 bridgehead atoms. The molecule has 1 aromatic carbocycles. The largest absolute Gasteiger partial charge is 0.506 e. The van der Waals surface area contributed by atoms with Crippen LogP contribution in [-0.2, 0) is 24.5 Å². The van der Waals surface area contributed by atoms with E-state index in [9.17, 15) is 19.5 Å². The second-order valence-corrected chi connectivity index (χ2v) is 7.24. The average Bonchev–Trinajstić information content (AvgIpc) is 2.60. The molecule has 0 aromatic heterocycles. The SMILES string of the molecule is CC(CC(=O)O)C(=O)C1=C(O)c2cc(Cl)ccc2C2(CCOCC2)C1=O. The van der Waals surface area contributed by atoms with E-state index in [1.54, 1.807) is 12.1 Å². The number of carboxylic acid groups (broad SMARTS) is 1. The normalized spacial score (nSPS) is 20.0. The van der Waals surface area contributed by atoms with Gasteiger partial charge in [0.2, 0.25) is 0 Å². The fourth-order valence-corrected chi connectivity index (χ4v) is 3.95. The molecule has 3 rings (SSSR count). The number of benzene rings is 1. The van der Waals surface area contributed by atoms with Crippen molar-refractivity contribution in [3.63, 3.8) is 0 Å². The topological polar surface area (TPSA) is 101 Å². The van der Waals surface area contributed by atoms with Crippen molar-refractivity contribution < 1.29 is 29.3 Å². The van der Waals surface area contributed by atoms with E-state index in [0.29, 0.717) is 42.2 Å². The Morgan fingerprint density at radius 2 is 1.96 bits per heavy atom. The lowest BCUT2D eigenvalue weighted by Crippen LogP contribution is -2.47. The van der Waals surface area contributed by atoms with Crippen LogP contribution >= 0.6 is 11.6 Å². The summed E-state index contributed by atoms with van der Waals surface area (Å²) in [6.07, 6.45) is 0.358. The molecule has 0 radical (unpaired) electrons. The number of Topliss-reactive ketones (excluding diaryl/α,β-unsaturated/α-hetero) is 2. The molecular weight excluding hydrogens is 360 g/mol. The fourth-order valence-electron chi connectivity index (χ4n) is 3.78. The third-order valence-electron chi connectivity index (χ3n) is 5.17. The average molecular weight is 379 g/mol. The number of allylic oxidation sites excluding steroid dienone is 1. The Hall–Kier alpha value is -2.18. The highest BCUT2D eigenvalue weighted by atomic mass is 35.5. The first-order chi connectivity index (χ1) is 12.3. The molecule has 1 unspecified atom stereocenters. The fraction of sp³-hybridized carbons (Fsp3) is 0.421. The van der Waals surface area contributed by atoms with Gasteiger partial charge in [-0.2, -0.15) is 0 Å². The van der Waals surface area contributed by atoms with Gasteiger partial charge in [0.05, 0.1) is 11.8 Å². The van der Waals surface area contributed by atoms with Gasteiger partial charge in [-0.25, -0.2) is 0 Å². The second kappa shape index (κ2) is 6.85. The minimum Gasteiger partial charge on any atom is -0.506 e. The number of aliphatic hydroxyl groups is 1. The number of fused-ring (bicyclic) bond motifs is 2. The number of ketones is 2. The number of aliphatic carboxylic acids is 1.